The largest absolute Gasteiger partial charge is 0.497 e. The number of nitrogens with one attached hydrogen (secondary N) is 2. The second kappa shape index (κ2) is 7.98. The predicted octanol–water partition coefficient (Wildman–Crippen LogP) is 2.18. The summed E-state index contributed by atoms with van der Waals surface area (Å²) < 4.78 is 18.3. The third kappa shape index (κ3) is 5.18. The van der Waals surface area contributed by atoms with Crippen LogP contribution in [0.3, 0.4) is 0 Å². The Kier molecular flexibility index (Phi) is 6.00. The van der Waals surface area contributed by atoms with E-state index < -0.39 is 5.82 Å². The molecule has 6 heteroatoms. The smallest absolute Gasteiger partial charge is 0.315 e. The molecule has 1 aliphatic carbocycles. The molecule has 2 amide bonds. The van der Waals surface area contributed by atoms with Gasteiger partial charge in [0.05, 0.1) is 13.2 Å². The van der Waals surface area contributed by atoms with Crippen LogP contribution in [0.25, 0.3) is 0 Å². The van der Waals surface area contributed by atoms with Crippen LogP contribution in [0.4, 0.5) is 9.18 Å². The van der Waals surface area contributed by atoms with E-state index in [0.717, 1.165) is 25.7 Å². The molecule has 2 rings (SSSR count). The standard InChI is InChI=1S/C16H23FN2O3/c1-22-15-7-12(5-13(17)8-15)10-19-16(21)18-9-11-3-2-4-14(20)6-11/h5,7-8,11,14,20H,2-4,6,9-10H2,1H3,(H2,18,19,21). The Morgan fingerprint density at radius 2 is 2.18 bits per heavy atom. The van der Waals surface area contributed by atoms with E-state index in [-0.39, 0.29) is 18.7 Å². The fraction of sp³-hybridized carbons (Fsp3) is 0.562. The molecule has 0 aromatic heterocycles. The molecular weight excluding hydrogens is 287 g/mol. The fourth-order valence-corrected chi connectivity index (χ4v) is 2.77. The molecule has 0 bridgehead atoms. The summed E-state index contributed by atoms with van der Waals surface area (Å²) in [5.41, 5.74) is 0.639. The van der Waals surface area contributed by atoms with Gasteiger partial charge in [0.15, 0.2) is 0 Å². The number of amides is 2. The van der Waals surface area contributed by atoms with Crippen molar-refractivity contribution in [3.8, 4) is 5.75 Å². The number of benzene rings is 1. The zero-order valence-corrected chi connectivity index (χ0v) is 12.8. The molecule has 22 heavy (non-hydrogen) atoms. The number of aliphatic hydroxyl groups is 1. The van der Waals surface area contributed by atoms with Gasteiger partial charge in [-0.05, 0) is 42.9 Å². The Labute approximate surface area is 129 Å². The van der Waals surface area contributed by atoms with Crippen molar-refractivity contribution >= 4 is 6.03 Å². The molecule has 2 unspecified atom stereocenters. The minimum absolute atomic E-state index is 0.229. The van der Waals surface area contributed by atoms with Crippen LogP contribution in [-0.4, -0.2) is 30.9 Å². The highest BCUT2D eigenvalue weighted by Gasteiger charge is 2.20. The molecule has 0 radical (unpaired) electrons. The summed E-state index contributed by atoms with van der Waals surface area (Å²) in [6.45, 7) is 0.780. The van der Waals surface area contributed by atoms with Gasteiger partial charge in [0.2, 0.25) is 0 Å². The number of halogens is 1. The molecule has 0 aliphatic heterocycles. The molecule has 2 atom stereocenters. The van der Waals surface area contributed by atoms with Gasteiger partial charge in [-0.2, -0.15) is 0 Å². The molecule has 5 nitrogen and oxygen atoms in total. The average molecular weight is 310 g/mol. The van der Waals surface area contributed by atoms with Crippen LogP contribution in [-0.2, 0) is 6.54 Å². The van der Waals surface area contributed by atoms with Crippen LogP contribution in [0.5, 0.6) is 5.75 Å². The first-order valence-corrected chi connectivity index (χ1v) is 7.60. The van der Waals surface area contributed by atoms with Gasteiger partial charge in [0.25, 0.3) is 0 Å². The third-order valence-electron chi connectivity index (χ3n) is 3.93. The lowest BCUT2D eigenvalue weighted by Gasteiger charge is -2.25. The van der Waals surface area contributed by atoms with E-state index in [2.05, 4.69) is 10.6 Å². The van der Waals surface area contributed by atoms with Gasteiger partial charge in [-0.3, -0.25) is 0 Å². The summed E-state index contributed by atoms with van der Waals surface area (Å²) in [6, 6.07) is 4.04. The van der Waals surface area contributed by atoms with Gasteiger partial charge in [-0.15, -0.1) is 0 Å². The minimum atomic E-state index is -0.396. The van der Waals surface area contributed by atoms with Crippen molar-refractivity contribution in [3.05, 3.63) is 29.6 Å². The fourth-order valence-electron chi connectivity index (χ4n) is 2.77. The van der Waals surface area contributed by atoms with E-state index in [1.54, 1.807) is 6.07 Å². The molecule has 0 spiro atoms. The first-order valence-electron chi connectivity index (χ1n) is 7.60. The van der Waals surface area contributed by atoms with Crippen LogP contribution in [0.1, 0.15) is 31.2 Å². The second-order valence-corrected chi connectivity index (χ2v) is 5.75. The van der Waals surface area contributed by atoms with Crippen LogP contribution < -0.4 is 15.4 Å². The zero-order valence-electron chi connectivity index (χ0n) is 12.8. The number of hydrogen-bond acceptors (Lipinski definition) is 3. The van der Waals surface area contributed by atoms with E-state index >= 15 is 0 Å². The minimum Gasteiger partial charge on any atom is -0.497 e. The highest BCUT2D eigenvalue weighted by molar-refractivity contribution is 5.73. The molecule has 1 saturated carbocycles. The van der Waals surface area contributed by atoms with Gasteiger partial charge < -0.3 is 20.5 Å². The number of rotatable bonds is 5. The maximum absolute atomic E-state index is 13.3. The molecule has 1 aromatic carbocycles. The Balaban J connectivity index is 1.74. The summed E-state index contributed by atoms with van der Waals surface area (Å²) in [4.78, 5) is 11.8. The highest BCUT2D eigenvalue weighted by atomic mass is 19.1. The highest BCUT2D eigenvalue weighted by Crippen LogP contribution is 2.23. The lowest BCUT2D eigenvalue weighted by atomic mass is 9.87. The van der Waals surface area contributed by atoms with Gasteiger partial charge in [-0.25, -0.2) is 9.18 Å². The molecule has 1 aliphatic rings. The number of carbonyl (C=O) groups excluding carboxylic acids is 1. The van der Waals surface area contributed by atoms with E-state index in [1.165, 1.54) is 19.2 Å². The summed E-state index contributed by atoms with van der Waals surface area (Å²) in [5, 5.41) is 15.1. The summed E-state index contributed by atoms with van der Waals surface area (Å²) in [7, 11) is 1.47. The van der Waals surface area contributed by atoms with Gasteiger partial charge >= 0.3 is 6.03 Å². The number of urea groups is 1. The lowest BCUT2D eigenvalue weighted by molar-refractivity contribution is 0.101. The first-order chi connectivity index (χ1) is 10.6. The number of hydrogen-bond donors (Lipinski definition) is 3. The molecule has 1 fully saturated rings. The van der Waals surface area contributed by atoms with Crippen molar-refractivity contribution in [2.24, 2.45) is 5.92 Å². The van der Waals surface area contributed by atoms with E-state index in [0.29, 0.717) is 23.8 Å². The summed E-state index contributed by atoms with van der Waals surface area (Å²) in [6.07, 6.45) is 3.37. The monoisotopic (exact) mass is 310 g/mol. The number of ether oxygens (including phenoxy) is 1. The Morgan fingerprint density at radius 3 is 2.91 bits per heavy atom. The molecule has 0 heterocycles. The van der Waals surface area contributed by atoms with Crippen LogP contribution >= 0.6 is 0 Å². The first kappa shape index (κ1) is 16.5. The van der Waals surface area contributed by atoms with Crippen molar-refractivity contribution in [2.45, 2.75) is 38.3 Å². The maximum Gasteiger partial charge on any atom is 0.315 e. The number of aliphatic hydroxyl groups excluding tert-OH is 1. The van der Waals surface area contributed by atoms with E-state index in [9.17, 15) is 14.3 Å². The molecule has 122 valence electrons. The van der Waals surface area contributed by atoms with Crippen molar-refractivity contribution in [1.29, 1.82) is 0 Å². The molecular formula is C16H23FN2O3. The van der Waals surface area contributed by atoms with Crippen LogP contribution in [0.15, 0.2) is 18.2 Å². The Hall–Kier alpha value is -1.82. The zero-order chi connectivity index (χ0) is 15.9. The molecule has 1 aromatic rings. The van der Waals surface area contributed by atoms with Gasteiger partial charge in [0, 0.05) is 19.2 Å². The Morgan fingerprint density at radius 1 is 1.36 bits per heavy atom. The third-order valence-corrected chi connectivity index (χ3v) is 3.93. The van der Waals surface area contributed by atoms with Crippen LogP contribution in [0, 0.1) is 11.7 Å². The second-order valence-electron chi connectivity index (χ2n) is 5.75. The average Bonchev–Trinajstić information content (AvgIpc) is 2.50. The van der Waals surface area contributed by atoms with Crippen molar-refractivity contribution < 1.29 is 19.0 Å². The SMILES string of the molecule is COc1cc(F)cc(CNC(=O)NCC2CCCC(O)C2)c1. The van der Waals surface area contributed by atoms with Gasteiger partial charge in [-0.1, -0.05) is 6.42 Å². The molecule has 0 saturated heterocycles. The van der Waals surface area contributed by atoms with E-state index in [1.807, 2.05) is 0 Å². The topological polar surface area (TPSA) is 70.6 Å². The maximum atomic E-state index is 13.3. The molecule has 3 N–H and O–H groups in total. The van der Waals surface area contributed by atoms with Crippen molar-refractivity contribution in [2.75, 3.05) is 13.7 Å². The predicted molar refractivity (Wildman–Crippen MR) is 81.2 cm³/mol. The van der Waals surface area contributed by atoms with Crippen molar-refractivity contribution in [1.82, 2.24) is 10.6 Å². The quantitative estimate of drug-likeness (QED) is 0.781. The van der Waals surface area contributed by atoms with E-state index in [4.69, 9.17) is 4.74 Å². The Bertz CT molecular complexity index is 510. The summed E-state index contributed by atoms with van der Waals surface area (Å²) in [5.74, 6) is 0.352. The number of carbonyl (C=O) groups is 1. The van der Waals surface area contributed by atoms with Crippen molar-refractivity contribution in [3.63, 3.8) is 0 Å². The van der Waals surface area contributed by atoms with Crippen LogP contribution in [0.2, 0.25) is 0 Å². The van der Waals surface area contributed by atoms with Gasteiger partial charge in [0.1, 0.15) is 11.6 Å². The number of methoxy groups -OCH3 is 1. The summed E-state index contributed by atoms with van der Waals surface area (Å²) >= 11 is 0. The normalized spacial score (nSPS) is 21.2. The lowest BCUT2D eigenvalue weighted by Crippen LogP contribution is -2.39.